The molecule has 0 aliphatic rings. The molecule has 18 heavy (non-hydrogen) atoms. The topological polar surface area (TPSA) is 51.8 Å². The number of rotatable bonds is 1. The van der Waals surface area contributed by atoms with Crippen molar-refractivity contribution in [3.05, 3.63) is 54.4 Å². The van der Waals surface area contributed by atoms with Crippen LogP contribution in [0.15, 0.2) is 43.0 Å². The minimum Gasteiger partial charge on any atom is -0.397 e. The molecule has 2 aromatic heterocycles. The summed E-state index contributed by atoms with van der Waals surface area (Å²) in [6.07, 6.45) is 0. The Morgan fingerprint density at radius 2 is 1.50 bits per heavy atom. The molecule has 0 amide bonds. The molecule has 0 saturated carbocycles. The van der Waals surface area contributed by atoms with E-state index in [2.05, 4.69) is 28.7 Å². The normalized spacial score (nSPS) is 10.9. The van der Waals surface area contributed by atoms with E-state index in [0.717, 1.165) is 27.5 Å². The summed E-state index contributed by atoms with van der Waals surface area (Å²) in [6, 6.07) is 12.0. The van der Waals surface area contributed by atoms with Gasteiger partial charge in [-0.05, 0) is 19.1 Å². The summed E-state index contributed by atoms with van der Waals surface area (Å²) < 4.78 is 0. The Labute approximate surface area is 105 Å². The van der Waals surface area contributed by atoms with Gasteiger partial charge in [0.25, 0.3) is 0 Å². The molecule has 0 spiro atoms. The fourth-order valence-corrected chi connectivity index (χ4v) is 2.04. The third-order valence-electron chi connectivity index (χ3n) is 2.99. The first-order chi connectivity index (χ1) is 8.65. The smallest absolute Gasteiger partial charge is 0.0972 e. The van der Waals surface area contributed by atoms with Gasteiger partial charge < -0.3 is 5.73 Å². The van der Waals surface area contributed by atoms with Crippen LogP contribution < -0.4 is 5.73 Å². The average Bonchev–Trinajstić information content (AvgIpc) is 2.37. The van der Waals surface area contributed by atoms with Crippen molar-refractivity contribution in [3.63, 3.8) is 0 Å². The Bertz CT molecular complexity index is 775. The van der Waals surface area contributed by atoms with Crippen LogP contribution in [0.5, 0.6) is 0 Å². The minimum absolute atomic E-state index is 0.474. The van der Waals surface area contributed by atoms with Gasteiger partial charge in [0, 0.05) is 16.5 Å². The van der Waals surface area contributed by atoms with Crippen LogP contribution in [0.3, 0.4) is 0 Å². The van der Waals surface area contributed by atoms with E-state index in [9.17, 15) is 0 Å². The van der Waals surface area contributed by atoms with Crippen LogP contribution in [-0.4, -0.2) is 9.97 Å². The molecule has 0 bridgehead atoms. The SMILES string of the molecule is C=C(N)c1ccc2ccc3ccc(C)nc3c2n1. The van der Waals surface area contributed by atoms with Gasteiger partial charge in [-0.25, -0.2) is 4.98 Å². The van der Waals surface area contributed by atoms with Crippen molar-refractivity contribution in [1.82, 2.24) is 9.97 Å². The van der Waals surface area contributed by atoms with Crippen molar-refractivity contribution in [2.75, 3.05) is 0 Å². The van der Waals surface area contributed by atoms with Crippen molar-refractivity contribution in [2.24, 2.45) is 5.73 Å². The first kappa shape index (κ1) is 10.7. The number of nitrogens with zero attached hydrogens (tertiary/aromatic N) is 2. The van der Waals surface area contributed by atoms with E-state index in [1.807, 2.05) is 31.2 Å². The van der Waals surface area contributed by atoms with Gasteiger partial charge >= 0.3 is 0 Å². The maximum Gasteiger partial charge on any atom is 0.0972 e. The number of nitrogens with two attached hydrogens (primary N) is 1. The van der Waals surface area contributed by atoms with Gasteiger partial charge in [0.1, 0.15) is 0 Å². The highest BCUT2D eigenvalue weighted by atomic mass is 14.8. The summed E-state index contributed by atoms with van der Waals surface area (Å²) in [5.74, 6) is 0. The lowest BCUT2D eigenvalue weighted by molar-refractivity contribution is 1.25. The van der Waals surface area contributed by atoms with E-state index in [4.69, 9.17) is 5.73 Å². The summed E-state index contributed by atoms with van der Waals surface area (Å²) in [7, 11) is 0. The van der Waals surface area contributed by atoms with Crippen LogP contribution in [0.1, 0.15) is 11.4 Å². The Balaban J connectivity index is 2.46. The molecule has 3 rings (SSSR count). The zero-order chi connectivity index (χ0) is 12.7. The van der Waals surface area contributed by atoms with Crippen LogP contribution in [0.4, 0.5) is 0 Å². The maximum absolute atomic E-state index is 5.70. The molecule has 2 heterocycles. The van der Waals surface area contributed by atoms with Gasteiger partial charge in [-0.15, -0.1) is 0 Å². The maximum atomic E-state index is 5.70. The molecule has 0 unspecified atom stereocenters. The molecule has 2 N–H and O–H groups in total. The lowest BCUT2D eigenvalue weighted by atomic mass is 10.1. The van der Waals surface area contributed by atoms with Gasteiger partial charge in [0.15, 0.2) is 0 Å². The second-order valence-corrected chi connectivity index (χ2v) is 4.38. The Morgan fingerprint density at radius 1 is 0.944 bits per heavy atom. The summed E-state index contributed by atoms with van der Waals surface area (Å²) in [4.78, 5) is 9.13. The number of aromatic nitrogens is 2. The zero-order valence-electron chi connectivity index (χ0n) is 10.1. The van der Waals surface area contributed by atoms with E-state index >= 15 is 0 Å². The molecule has 0 atom stereocenters. The molecular weight excluding hydrogens is 222 g/mol. The Hall–Kier alpha value is -2.42. The molecule has 1 aromatic carbocycles. The second-order valence-electron chi connectivity index (χ2n) is 4.38. The Kier molecular flexibility index (Phi) is 2.27. The van der Waals surface area contributed by atoms with E-state index in [1.165, 1.54) is 0 Å². The van der Waals surface area contributed by atoms with E-state index < -0.39 is 0 Å². The van der Waals surface area contributed by atoms with Crippen molar-refractivity contribution in [3.8, 4) is 0 Å². The van der Waals surface area contributed by atoms with Crippen LogP contribution >= 0.6 is 0 Å². The van der Waals surface area contributed by atoms with Crippen molar-refractivity contribution in [2.45, 2.75) is 6.92 Å². The monoisotopic (exact) mass is 235 g/mol. The summed E-state index contributed by atoms with van der Waals surface area (Å²) >= 11 is 0. The van der Waals surface area contributed by atoms with Gasteiger partial charge in [-0.2, -0.15) is 0 Å². The molecule has 3 nitrogen and oxygen atoms in total. The highest BCUT2D eigenvalue weighted by Gasteiger charge is 2.05. The van der Waals surface area contributed by atoms with E-state index in [0.29, 0.717) is 11.4 Å². The quantitative estimate of drug-likeness (QED) is 0.659. The number of pyridine rings is 2. The fourth-order valence-electron chi connectivity index (χ4n) is 2.04. The first-order valence-electron chi connectivity index (χ1n) is 5.77. The average molecular weight is 235 g/mol. The highest BCUT2D eigenvalue weighted by Crippen LogP contribution is 2.23. The predicted molar refractivity (Wildman–Crippen MR) is 75.0 cm³/mol. The number of benzene rings is 1. The van der Waals surface area contributed by atoms with Crippen LogP contribution in [0.25, 0.3) is 27.5 Å². The lowest BCUT2D eigenvalue weighted by Crippen LogP contribution is -1.98. The third kappa shape index (κ3) is 1.61. The molecule has 0 fully saturated rings. The molecule has 3 aromatic rings. The molecule has 0 aliphatic heterocycles. The van der Waals surface area contributed by atoms with Gasteiger partial charge in [-0.1, -0.05) is 30.8 Å². The van der Waals surface area contributed by atoms with Crippen LogP contribution in [-0.2, 0) is 0 Å². The van der Waals surface area contributed by atoms with E-state index in [-0.39, 0.29) is 0 Å². The molecule has 3 heteroatoms. The molecular formula is C15H13N3. The second kappa shape index (κ2) is 3.81. The third-order valence-corrected chi connectivity index (χ3v) is 2.99. The summed E-state index contributed by atoms with van der Waals surface area (Å²) in [5.41, 5.74) is 9.65. The van der Waals surface area contributed by atoms with Gasteiger partial charge in [0.05, 0.1) is 22.4 Å². The van der Waals surface area contributed by atoms with Crippen molar-refractivity contribution < 1.29 is 0 Å². The largest absolute Gasteiger partial charge is 0.397 e. The van der Waals surface area contributed by atoms with E-state index in [1.54, 1.807) is 0 Å². The number of fused-ring (bicyclic) bond motifs is 3. The lowest BCUT2D eigenvalue weighted by Gasteiger charge is -2.05. The molecule has 0 aliphatic carbocycles. The number of hydrogen-bond donors (Lipinski definition) is 1. The Morgan fingerprint density at radius 3 is 2.17 bits per heavy atom. The van der Waals surface area contributed by atoms with Crippen LogP contribution in [0, 0.1) is 6.92 Å². The van der Waals surface area contributed by atoms with Crippen molar-refractivity contribution in [1.29, 1.82) is 0 Å². The molecule has 0 radical (unpaired) electrons. The number of aryl methyl sites for hydroxylation is 1. The summed E-state index contributed by atoms with van der Waals surface area (Å²) in [6.45, 7) is 5.70. The van der Waals surface area contributed by atoms with Gasteiger partial charge in [-0.3, -0.25) is 4.98 Å². The predicted octanol–water partition coefficient (Wildman–Crippen LogP) is 3.02. The first-order valence-corrected chi connectivity index (χ1v) is 5.77. The number of hydrogen-bond acceptors (Lipinski definition) is 3. The van der Waals surface area contributed by atoms with Gasteiger partial charge in [0.2, 0.25) is 0 Å². The molecule has 0 saturated heterocycles. The highest BCUT2D eigenvalue weighted by molar-refractivity contribution is 6.03. The standard InChI is InChI=1S/C15H13N3/c1-9-3-4-11-5-6-12-7-8-13(10(2)16)18-15(12)14(11)17-9/h3-8H,2,16H2,1H3. The zero-order valence-corrected chi connectivity index (χ0v) is 10.1. The van der Waals surface area contributed by atoms with Crippen molar-refractivity contribution >= 4 is 27.5 Å². The molecule has 88 valence electrons. The van der Waals surface area contributed by atoms with Crippen LogP contribution in [0.2, 0.25) is 0 Å². The summed E-state index contributed by atoms with van der Waals surface area (Å²) in [5, 5.41) is 2.14. The minimum atomic E-state index is 0.474. The fraction of sp³-hybridized carbons (Fsp3) is 0.0667.